The second-order valence-corrected chi connectivity index (χ2v) is 4.04. The number of nitrogens with zero attached hydrogens (tertiary/aromatic N) is 1. The predicted molar refractivity (Wildman–Crippen MR) is 55.7 cm³/mol. The molecule has 0 saturated heterocycles. The third-order valence-corrected chi connectivity index (χ3v) is 2.37. The van der Waals surface area contributed by atoms with Gasteiger partial charge in [0.05, 0.1) is 17.6 Å². The maximum atomic E-state index is 9.40. The molecule has 14 heavy (non-hydrogen) atoms. The summed E-state index contributed by atoms with van der Waals surface area (Å²) in [6.07, 6.45) is -0.482. The van der Waals surface area contributed by atoms with E-state index in [1.54, 1.807) is 6.92 Å². The fourth-order valence-corrected chi connectivity index (χ4v) is 1.25. The highest BCUT2D eigenvalue weighted by Crippen LogP contribution is 2.24. The molecule has 0 amide bonds. The molecule has 2 nitrogen and oxygen atoms in total. The molecular weight excluding hydrogens is 174 g/mol. The first-order chi connectivity index (χ1) is 6.47. The number of aliphatic hydroxyl groups is 1. The van der Waals surface area contributed by atoms with Crippen molar-refractivity contribution in [3.63, 3.8) is 0 Å². The van der Waals surface area contributed by atoms with E-state index in [9.17, 15) is 5.11 Å². The minimum absolute atomic E-state index is 0.482. The first kappa shape index (κ1) is 10.7. The molecule has 2 heteroatoms. The summed E-state index contributed by atoms with van der Waals surface area (Å²) in [6, 6.07) is 9.77. The smallest absolute Gasteiger partial charge is 0.0766 e. The van der Waals surface area contributed by atoms with Gasteiger partial charge in [0.25, 0.3) is 0 Å². The van der Waals surface area contributed by atoms with Crippen molar-refractivity contribution in [3.8, 4) is 6.07 Å². The van der Waals surface area contributed by atoms with Gasteiger partial charge in [-0.1, -0.05) is 24.3 Å². The largest absolute Gasteiger partial charge is 0.389 e. The van der Waals surface area contributed by atoms with E-state index in [0.29, 0.717) is 0 Å². The Morgan fingerprint density at radius 2 is 2.07 bits per heavy atom. The molecule has 0 aliphatic carbocycles. The fraction of sp³-hybridized carbons (Fsp3) is 0.417. The Labute approximate surface area is 84.8 Å². The second kappa shape index (κ2) is 3.81. The molecule has 0 radical (unpaired) electrons. The Balaban J connectivity index is 3.14. The number of nitriles is 1. The zero-order valence-electron chi connectivity index (χ0n) is 8.78. The van der Waals surface area contributed by atoms with Crippen LogP contribution in [0.25, 0.3) is 0 Å². The summed E-state index contributed by atoms with van der Waals surface area (Å²) in [5.41, 5.74) is 1.30. The zero-order valence-corrected chi connectivity index (χ0v) is 8.78. The van der Waals surface area contributed by atoms with E-state index < -0.39 is 11.5 Å². The maximum absolute atomic E-state index is 9.40. The van der Waals surface area contributed by atoms with Crippen LogP contribution < -0.4 is 0 Å². The van der Waals surface area contributed by atoms with E-state index in [2.05, 4.69) is 6.07 Å². The van der Waals surface area contributed by atoms with E-state index in [4.69, 9.17) is 5.26 Å². The highest BCUT2D eigenvalue weighted by atomic mass is 16.3. The summed E-state index contributed by atoms with van der Waals surface area (Å²) in [5, 5.41) is 18.4. The van der Waals surface area contributed by atoms with Crippen LogP contribution in [0.3, 0.4) is 0 Å². The molecule has 0 heterocycles. The Morgan fingerprint density at radius 3 is 2.57 bits per heavy atom. The lowest BCUT2D eigenvalue weighted by molar-refractivity contribution is 0.199. The van der Waals surface area contributed by atoms with Crippen molar-refractivity contribution < 1.29 is 5.11 Å². The Hall–Kier alpha value is -1.33. The van der Waals surface area contributed by atoms with Crippen LogP contribution in [0.15, 0.2) is 24.3 Å². The lowest BCUT2D eigenvalue weighted by atomic mass is 9.85. The molecule has 74 valence electrons. The summed E-state index contributed by atoms with van der Waals surface area (Å²) < 4.78 is 0. The van der Waals surface area contributed by atoms with Gasteiger partial charge >= 0.3 is 0 Å². The number of hydrogen-bond donors (Lipinski definition) is 1. The number of benzene rings is 1. The topological polar surface area (TPSA) is 44.0 Å². The van der Waals surface area contributed by atoms with Gasteiger partial charge in [-0.05, 0) is 31.9 Å². The first-order valence-electron chi connectivity index (χ1n) is 4.67. The van der Waals surface area contributed by atoms with Crippen LogP contribution in [-0.2, 0) is 5.41 Å². The van der Waals surface area contributed by atoms with E-state index >= 15 is 0 Å². The summed E-state index contributed by atoms with van der Waals surface area (Å²) >= 11 is 0. The summed E-state index contributed by atoms with van der Waals surface area (Å²) in [7, 11) is 0. The van der Waals surface area contributed by atoms with Gasteiger partial charge < -0.3 is 5.11 Å². The molecule has 1 aromatic carbocycles. The van der Waals surface area contributed by atoms with Gasteiger partial charge in [-0.15, -0.1) is 0 Å². The van der Waals surface area contributed by atoms with Crippen LogP contribution >= 0.6 is 0 Å². The van der Waals surface area contributed by atoms with Crippen LogP contribution in [0.5, 0.6) is 0 Å². The lowest BCUT2D eigenvalue weighted by Crippen LogP contribution is -2.14. The molecule has 0 aliphatic rings. The monoisotopic (exact) mass is 189 g/mol. The molecule has 0 spiro atoms. The predicted octanol–water partition coefficient (Wildman–Crippen LogP) is 2.54. The molecule has 1 atom stereocenters. The van der Waals surface area contributed by atoms with Crippen LogP contribution in [0.2, 0.25) is 0 Å². The van der Waals surface area contributed by atoms with Gasteiger partial charge in [0.1, 0.15) is 0 Å². The average Bonchev–Trinajstić information content (AvgIpc) is 2.18. The highest BCUT2D eigenvalue weighted by molar-refractivity contribution is 5.34. The van der Waals surface area contributed by atoms with Crippen molar-refractivity contribution in [1.29, 1.82) is 5.26 Å². The van der Waals surface area contributed by atoms with E-state index in [-0.39, 0.29) is 0 Å². The molecule has 1 unspecified atom stereocenters. The van der Waals surface area contributed by atoms with Crippen molar-refractivity contribution in [3.05, 3.63) is 35.4 Å². The van der Waals surface area contributed by atoms with Gasteiger partial charge in [0.2, 0.25) is 0 Å². The molecule has 0 aliphatic heterocycles. The molecule has 0 fully saturated rings. The minimum Gasteiger partial charge on any atom is -0.389 e. The van der Waals surface area contributed by atoms with Crippen molar-refractivity contribution in [2.45, 2.75) is 32.3 Å². The third-order valence-electron chi connectivity index (χ3n) is 2.37. The van der Waals surface area contributed by atoms with Crippen LogP contribution in [0.4, 0.5) is 0 Å². The van der Waals surface area contributed by atoms with E-state index in [1.165, 1.54) is 0 Å². The second-order valence-electron chi connectivity index (χ2n) is 4.04. The molecule has 1 rings (SSSR count). The zero-order chi connectivity index (χ0) is 10.8. The highest BCUT2D eigenvalue weighted by Gasteiger charge is 2.19. The summed E-state index contributed by atoms with van der Waals surface area (Å²) in [5.74, 6) is 0. The van der Waals surface area contributed by atoms with Crippen LogP contribution in [-0.4, -0.2) is 5.11 Å². The van der Waals surface area contributed by atoms with E-state index in [0.717, 1.165) is 11.1 Å². The summed E-state index contributed by atoms with van der Waals surface area (Å²) in [4.78, 5) is 0. The molecule has 0 saturated carbocycles. The molecule has 0 bridgehead atoms. The molecule has 1 N–H and O–H groups in total. The number of rotatable bonds is 2. The SMILES string of the molecule is CC(O)c1cccc(C(C)(C)C#N)c1. The van der Waals surface area contributed by atoms with Crippen molar-refractivity contribution in [2.75, 3.05) is 0 Å². The van der Waals surface area contributed by atoms with Gasteiger partial charge in [-0.2, -0.15) is 5.26 Å². The summed E-state index contributed by atoms with van der Waals surface area (Å²) in [6.45, 7) is 5.46. The Bertz CT molecular complexity index is 361. The average molecular weight is 189 g/mol. The Kier molecular flexibility index (Phi) is 2.93. The number of aliphatic hydroxyl groups excluding tert-OH is 1. The van der Waals surface area contributed by atoms with Gasteiger partial charge in [-0.25, -0.2) is 0 Å². The molecule has 1 aromatic rings. The van der Waals surface area contributed by atoms with Gasteiger partial charge in [0, 0.05) is 0 Å². The van der Waals surface area contributed by atoms with E-state index in [1.807, 2.05) is 38.1 Å². The maximum Gasteiger partial charge on any atom is 0.0766 e. The van der Waals surface area contributed by atoms with Gasteiger partial charge in [-0.3, -0.25) is 0 Å². The third kappa shape index (κ3) is 2.12. The van der Waals surface area contributed by atoms with Crippen molar-refractivity contribution in [1.82, 2.24) is 0 Å². The standard InChI is InChI=1S/C12H15NO/c1-9(14)10-5-4-6-11(7-10)12(2,3)8-13/h4-7,9,14H,1-3H3. The van der Waals surface area contributed by atoms with Gasteiger partial charge in [0.15, 0.2) is 0 Å². The quantitative estimate of drug-likeness (QED) is 0.777. The van der Waals surface area contributed by atoms with Crippen LogP contribution in [0.1, 0.15) is 38.0 Å². The molecular formula is C12H15NO. The lowest BCUT2D eigenvalue weighted by Gasteiger charge is -2.17. The molecule has 0 aromatic heterocycles. The normalized spacial score (nSPS) is 13.4. The van der Waals surface area contributed by atoms with Crippen LogP contribution in [0, 0.1) is 11.3 Å². The Morgan fingerprint density at radius 1 is 1.43 bits per heavy atom. The van der Waals surface area contributed by atoms with Crippen molar-refractivity contribution in [2.24, 2.45) is 0 Å². The first-order valence-corrected chi connectivity index (χ1v) is 4.67. The number of hydrogen-bond acceptors (Lipinski definition) is 2. The van der Waals surface area contributed by atoms with Crippen molar-refractivity contribution >= 4 is 0 Å². The fourth-order valence-electron chi connectivity index (χ4n) is 1.25. The minimum atomic E-state index is -0.495.